The lowest BCUT2D eigenvalue weighted by Gasteiger charge is -2.31. The number of amides is 2. The Labute approximate surface area is 228 Å². The molecule has 0 aliphatic rings. The van der Waals surface area contributed by atoms with Crippen molar-refractivity contribution in [3.8, 4) is 5.75 Å². The molecule has 0 spiro atoms. The average molecular weight is 572 g/mol. The van der Waals surface area contributed by atoms with Crippen molar-refractivity contribution >= 4 is 27.5 Å². The maximum atomic E-state index is 13.4. The topological polar surface area (TPSA) is 96.0 Å². The molecule has 2 aromatic rings. The van der Waals surface area contributed by atoms with Crippen LogP contribution in [0.15, 0.2) is 48.5 Å². The van der Waals surface area contributed by atoms with Gasteiger partial charge >= 0.3 is 6.18 Å². The second-order valence-electron chi connectivity index (χ2n) is 9.45. The molecule has 12 heteroatoms. The molecule has 0 aromatic heterocycles. The summed E-state index contributed by atoms with van der Waals surface area (Å²) in [6.07, 6.45) is -3.50. The maximum absolute atomic E-state index is 13.4. The highest BCUT2D eigenvalue weighted by molar-refractivity contribution is 7.92. The molecule has 0 heterocycles. The van der Waals surface area contributed by atoms with Crippen molar-refractivity contribution in [2.75, 3.05) is 24.2 Å². The van der Waals surface area contributed by atoms with Crippen molar-refractivity contribution in [2.24, 2.45) is 0 Å². The highest BCUT2D eigenvalue weighted by Crippen LogP contribution is 2.32. The fraction of sp³-hybridized carbons (Fsp3) is 0.481. The van der Waals surface area contributed by atoms with E-state index in [-0.39, 0.29) is 49.5 Å². The van der Waals surface area contributed by atoms with Crippen LogP contribution in [0.1, 0.15) is 51.2 Å². The van der Waals surface area contributed by atoms with Crippen molar-refractivity contribution in [3.05, 3.63) is 59.7 Å². The van der Waals surface area contributed by atoms with Crippen molar-refractivity contribution in [3.63, 3.8) is 0 Å². The first-order chi connectivity index (χ1) is 18.2. The SMILES string of the molecule is CC[C@@H](C(=O)NC(C)C)N(Cc1cccc(OC)c1)C(=O)CCCN(c1cccc(C(F)(F)F)c1)S(C)(=O)=O. The number of ether oxygens (including phenoxy) is 1. The molecule has 8 nitrogen and oxygen atoms in total. The number of nitrogens with one attached hydrogen (secondary N) is 1. The van der Waals surface area contributed by atoms with Crippen molar-refractivity contribution < 1.29 is 35.9 Å². The van der Waals surface area contributed by atoms with Crippen LogP contribution >= 0.6 is 0 Å². The summed E-state index contributed by atoms with van der Waals surface area (Å²) >= 11 is 0. The number of carbonyl (C=O) groups is 2. The molecule has 216 valence electrons. The molecule has 0 saturated carbocycles. The molecule has 2 amide bonds. The van der Waals surface area contributed by atoms with Crippen molar-refractivity contribution in [2.45, 2.75) is 64.8 Å². The number of rotatable bonds is 13. The van der Waals surface area contributed by atoms with Crippen molar-refractivity contribution in [1.29, 1.82) is 0 Å². The number of hydrogen-bond acceptors (Lipinski definition) is 5. The first-order valence-corrected chi connectivity index (χ1v) is 14.4. The van der Waals surface area contributed by atoms with Crippen molar-refractivity contribution in [1.82, 2.24) is 10.2 Å². The van der Waals surface area contributed by atoms with Crippen LogP contribution in [0, 0.1) is 0 Å². The summed E-state index contributed by atoms with van der Waals surface area (Å²) < 4.78 is 70.6. The minimum absolute atomic E-state index is 0.0268. The fourth-order valence-electron chi connectivity index (χ4n) is 4.11. The van der Waals surface area contributed by atoms with Gasteiger partial charge in [0.1, 0.15) is 11.8 Å². The molecule has 2 aromatic carbocycles. The van der Waals surface area contributed by atoms with Gasteiger partial charge in [0.25, 0.3) is 0 Å². The maximum Gasteiger partial charge on any atom is 0.416 e. The fourth-order valence-corrected chi connectivity index (χ4v) is 5.07. The van der Waals surface area contributed by atoms with Gasteiger partial charge in [0, 0.05) is 25.6 Å². The number of hydrogen-bond donors (Lipinski definition) is 1. The summed E-state index contributed by atoms with van der Waals surface area (Å²) in [5.41, 5.74) is -0.382. The van der Waals surface area contributed by atoms with Crippen LogP contribution in [0.3, 0.4) is 0 Å². The first-order valence-electron chi connectivity index (χ1n) is 12.5. The summed E-state index contributed by atoms with van der Waals surface area (Å²) in [4.78, 5) is 27.8. The molecule has 0 radical (unpaired) electrons. The summed E-state index contributed by atoms with van der Waals surface area (Å²) in [5, 5.41) is 2.83. The van der Waals surface area contributed by atoms with Gasteiger partial charge in [-0.15, -0.1) is 0 Å². The van der Waals surface area contributed by atoms with E-state index >= 15 is 0 Å². The molecule has 1 N–H and O–H groups in total. The Morgan fingerprint density at radius 3 is 2.31 bits per heavy atom. The zero-order chi connectivity index (χ0) is 29.4. The zero-order valence-corrected chi connectivity index (χ0v) is 23.6. The number of halogens is 3. The van der Waals surface area contributed by atoms with Gasteiger partial charge in [-0.05, 0) is 62.6 Å². The summed E-state index contributed by atoms with van der Waals surface area (Å²) in [6, 6.07) is 10.2. The van der Waals surface area contributed by atoms with E-state index in [0.717, 1.165) is 34.3 Å². The molecule has 39 heavy (non-hydrogen) atoms. The van der Waals surface area contributed by atoms with E-state index in [1.54, 1.807) is 31.2 Å². The van der Waals surface area contributed by atoms with Gasteiger partial charge in [0.15, 0.2) is 0 Å². The Balaban J connectivity index is 2.28. The van der Waals surface area contributed by atoms with Crippen LogP contribution < -0.4 is 14.4 Å². The molecule has 0 aliphatic carbocycles. The van der Waals surface area contributed by atoms with Crippen LogP contribution in [0.5, 0.6) is 5.75 Å². The molecule has 0 bridgehead atoms. The molecular weight excluding hydrogens is 535 g/mol. The van der Waals surface area contributed by atoms with Crippen LogP contribution in [0.25, 0.3) is 0 Å². The Morgan fingerprint density at radius 2 is 1.74 bits per heavy atom. The number of nitrogens with zero attached hydrogens (tertiary/aromatic N) is 2. The number of benzene rings is 2. The number of sulfonamides is 1. The largest absolute Gasteiger partial charge is 0.497 e. The second kappa shape index (κ2) is 13.7. The van der Waals surface area contributed by atoms with Gasteiger partial charge in [0.05, 0.1) is 24.6 Å². The number of carbonyl (C=O) groups excluding carboxylic acids is 2. The van der Waals surface area contributed by atoms with Crippen LogP contribution in [-0.4, -0.2) is 57.1 Å². The number of alkyl halides is 3. The third kappa shape index (κ3) is 9.45. The molecule has 2 rings (SSSR count). The van der Waals surface area contributed by atoms with Gasteiger partial charge in [0.2, 0.25) is 21.8 Å². The third-order valence-electron chi connectivity index (χ3n) is 5.92. The van der Waals surface area contributed by atoms with Gasteiger partial charge in [-0.2, -0.15) is 13.2 Å². The van der Waals surface area contributed by atoms with E-state index in [0.29, 0.717) is 12.2 Å². The minimum Gasteiger partial charge on any atom is -0.497 e. The summed E-state index contributed by atoms with van der Waals surface area (Å²) in [7, 11) is -2.42. The Kier molecular flexibility index (Phi) is 11.2. The third-order valence-corrected chi connectivity index (χ3v) is 7.11. The van der Waals surface area contributed by atoms with E-state index in [1.165, 1.54) is 18.1 Å². The van der Waals surface area contributed by atoms with Crippen LogP contribution in [0.4, 0.5) is 18.9 Å². The Morgan fingerprint density at radius 1 is 1.08 bits per heavy atom. The number of methoxy groups -OCH3 is 1. The van der Waals surface area contributed by atoms with E-state index in [9.17, 15) is 31.2 Å². The lowest BCUT2D eigenvalue weighted by Crippen LogP contribution is -2.50. The highest BCUT2D eigenvalue weighted by atomic mass is 32.2. The molecule has 0 saturated heterocycles. The Bertz CT molecular complexity index is 1240. The van der Waals surface area contributed by atoms with E-state index < -0.39 is 27.8 Å². The second-order valence-corrected chi connectivity index (χ2v) is 11.4. The quantitative estimate of drug-likeness (QED) is 0.380. The molecular formula is C27H36F3N3O5S. The van der Waals surface area contributed by atoms with E-state index in [1.807, 2.05) is 13.8 Å². The first kappa shape index (κ1) is 31.9. The van der Waals surface area contributed by atoms with E-state index in [4.69, 9.17) is 4.74 Å². The summed E-state index contributed by atoms with van der Waals surface area (Å²) in [5.74, 6) is -0.115. The van der Waals surface area contributed by atoms with Crippen LogP contribution in [0.2, 0.25) is 0 Å². The Hall–Kier alpha value is -3.28. The molecule has 1 atom stereocenters. The molecule has 0 unspecified atom stereocenters. The predicted octanol–water partition coefficient (Wildman–Crippen LogP) is 4.59. The number of anilines is 1. The smallest absolute Gasteiger partial charge is 0.416 e. The van der Waals surface area contributed by atoms with Gasteiger partial charge in [-0.1, -0.05) is 25.1 Å². The molecule has 0 fully saturated rings. The van der Waals surface area contributed by atoms with Gasteiger partial charge < -0.3 is 15.0 Å². The normalized spacial score (nSPS) is 12.6. The lowest BCUT2D eigenvalue weighted by molar-refractivity contribution is -0.141. The zero-order valence-electron chi connectivity index (χ0n) is 22.8. The highest BCUT2D eigenvalue weighted by Gasteiger charge is 2.32. The monoisotopic (exact) mass is 571 g/mol. The van der Waals surface area contributed by atoms with Gasteiger partial charge in [-0.25, -0.2) is 8.42 Å². The average Bonchev–Trinajstić information content (AvgIpc) is 2.84. The predicted molar refractivity (Wildman–Crippen MR) is 144 cm³/mol. The standard InChI is InChI=1S/C27H36F3N3O5S/c1-6-24(26(35)31-19(2)3)32(18-20-10-7-13-23(16-20)38-4)25(34)14-9-15-33(39(5,36)37)22-12-8-11-21(17-22)27(28,29)30/h7-8,10-13,16-17,19,24H,6,9,14-15,18H2,1-5H3,(H,31,35)/t24-/m0/s1. The lowest BCUT2D eigenvalue weighted by atomic mass is 10.1. The van der Waals surface area contributed by atoms with E-state index in [2.05, 4.69) is 5.32 Å². The summed E-state index contributed by atoms with van der Waals surface area (Å²) in [6.45, 7) is 5.31. The van der Waals surface area contributed by atoms with Crippen LogP contribution in [-0.2, 0) is 32.3 Å². The van der Waals surface area contributed by atoms with Gasteiger partial charge in [-0.3, -0.25) is 13.9 Å². The molecule has 0 aliphatic heterocycles. The minimum atomic E-state index is -4.64.